The first-order valence-corrected chi connectivity index (χ1v) is 9.82. The van der Waals surface area contributed by atoms with Crippen LogP contribution in [-0.2, 0) is 22.4 Å². The summed E-state index contributed by atoms with van der Waals surface area (Å²) in [6.45, 7) is 5.53. The van der Waals surface area contributed by atoms with E-state index >= 15 is 0 Å². The maximum absolute atomic E-state index is 12.2. The van der Waals surface area contributed by atoms with Gasteiger partial charge in [0.05, 0.1) is 6.07 Å². The molecular formula is C18H20N2O3S2. The quantitative estimate of drug-likeness (QED) is 0.649. The first-order valence-electron chi connectivity index (χ1n) is 8.13. The van der Waals surface area contributed by atoms with Gasteiger partial charge in [-0.05, 0) is 31.4 Å². The van der Waals surface area contributed by atoms with E-state index in [0.29, 0.717) is 9.88 Å². The van der Waals surface area contributed by atoms with Crippen LogP contribution in [0.4, 0.5) is 0 Å². The molecule has 7 heteroatoms. The molecule has 0 aliphatic heterocycles. The van der Waals surface area contributed by atoms with Crippen LogP contribution in [-0.4, -0.2) is 23.3 Å². The van der Waals surface area contributed by atoms with Crippen molar-refractivity contribution in [1.29, 1.82) is 5.26 Å². The lowest BCUT2D eigenvalue weighted by Gasteiger charge is -2.06. The van der Waals surface area contributed by atoms with Crippen LogP contribution in [0.5, 0.6) is 0 Å². The molecule has 0 radical (unpaired) electrons. The highest BCUT2D eigenvalue weighted by Gasteiger charge is 2.25. The van der Waals surface area contributed by atoms with Crippen molar-refractivity contribution < 1.29 is 14.3 Å². The fourth-order valence-corrected chi connectivity index (χ4v) is 4.48. The summed E-state index contributed by atoms with van der Waals surface area (Å²) in [6.07, 6.45) is 2.80. The van der Waals surface area contributed by atoms with Crippen molar-refractivity contribution in [2.45, 2.75) is 46.0 Å². The highest BCUT2D eigenvalue weighted by atomic mass is 32.1. The summed E-state index contributed by atoms with van der Waals surface area (Å²) in [5.74, 6) is -1.95. The number of ketones is 1. The number of hydrogen-bond acceptors (Lipinski definition) is 7. The van der Waals surface area contributed by atoms with Gasteiger partial charge in [-0.3, -0.25) is 4.79 Å². The van der Waals surface area contributed by atoms with Gasteiger partial charge < -0.3 is 4.74 Å². The largest absolute Gasteiger partial charge is 0.453 e. The number of Topliss-reactive ketones (excluding diaryl/α,β-unsaturated/α-hetero) is 1. The monoisotopic (exact) mass is 376 g/mol. The lowest BCUT2D eigenvalue weighted by Crippen LogP contribution is -2.19. The van der Waals surface area contributed by atoms with Crippen LogP contribution < -0.4 is 0 Å². The minimum Gasteiger partial charge on any atom is -0.453 e. The van der Waals surface area contributed by atoms with Crippen LogP contribution in [0.3, 0.4) is 0 Å². The zero-order valence-electron chi connectivity index (χ0n) is 14.5. The Balaban J connectivity index is 2.01. The average Bonchev–Trinajstić information content (AvgIpc) is 3.20. The van der Waals surface area contributed by atoms with E-state index < -0.39 is 24.3 Å². The fourth-order valence-electron chi connectivity index (χ4n) is 2.37. The molecule has 0 aromatic carbocycles. The Kier molecular flexibility index (Phi) is 6.85. The molecule has 25 heavy (non-hydrogen) atoms. The number of hydrogen-bond donors (Lipinski definition) is 0. The van der Waals surface area contributed by atoms with Crippen LogP contribution in [0, 0.1) is 18.3 Å². The maximum Gasteiger partial charge on any atom is 0.348 e. The number of thiophene rings is 1. The molecule has 2 aromatic rings. The third-order valence-electron chi connectivity index (χ3n) is 3.64. The van der Waals surface area contributed by atoms with Crippen molar-refractivity contribution in [3.05, 3.63) is 37.5 Å². The van der Waals surface area contributed by atoms with Crippen LogP contribution >= 0.6 is 22.7 Å². The predicted molar refractivity (Wildman–Crippen MR) is 98.2 cm³/mol. The molecule has 0 N–H and O–H groups in total. The normalized spacial score (nSPS) is 11.8. The first kappa shape index (κ1) is 19.3. The van der Waals surface area contributed by atoms with Crippen LogP contribution in [0.15, 0.2) is 11.4 Å². The molecule has 1 atom stereocenters. The van der Waals surface area contributed by atoms with Crippen molar-refractivity contribution in [2.75, 3.05) is 6.61 Å². The summed E-state index contributed by atoms with van der Waals surface area (Å²) >= 11 is 2.68. The number of nitriles is 1. The topological polar surface area (TPSA) is 80.0 Å². The lowest BCUT2D eigenvalue weighted by atomic mass is 10.1. The minimum absolute atomic E-state index is 0.418. The number of carbonyl (C=O) groups excluding carboxylic acids is 2. The van der Waals surface area contributed by atoms with Crippen molar-refractivity contribution in [2.24, 2.45) is 0 Å². The molecule has 0 saturated carbocycles. The number of ether oxygens (including phenoxy) is 1. The second-order valence-electron chi connectivity index (χ2n) is 5.59. The van der Waals surface area contributed by atoms with Gasteiger partial charge >= 0.3 is 5.97 Å². The number of nitrogens with zero attached hydrogens (tertiary/aromatic N) is 2. The Morgan fingerprint density at radius 2 is 2.16 bits per heavy atom. The number of thiazole rings is 1. The van der Waals surface area contributed by atoms with Crippen LogP contribution in [0.1, 0.15) is 57.0 Å². The summed E-state index contributed by atoms with van der Waals surface area (Å²) in [5.41, 5.74) is 1.91. The molecule has 0 fully saturated rings. The van der Waals surface area contributed by atoms with Crippen molar-refractivity contribution >= 4 is 34.4 Å². The van der Waals surface area contributed by atoms with E-state index in [4.69, 9.17) is 4.74 Å². The van der Waals surface area contributed by atoms with Gasteiger partial charge in [-0.2, -0.15) is 5.26 Å². The van der Waals surface area contributed by atoms with Crippen LogP contribution in [0.2, 0.25) is 0 Å². The minimum atomic E-state index is -0.989. The van der Waals surface area contributed by atoms with E-state index in [9.17, 15) is 14.9 Å². The van der Waals surface area contributed by atoms with Gasteiger partial charge in [-0.15, -0.1) is 22.7 Å². The summed E-state index contributed by atoms with van der Waals surface area (Å²) < 4.78 is 5.14. The molecule has 0 unspecified atom stereocenters. The van der Waals surface area contributed by atoms with Crippen molar-refractivity contribution in [3.63, 3.8) is 0 Å². The van der Waals surface area contributed by atoms with E-state index in [1.54, 1.807) is 12.3 Å². The van der Waals surface area contributed by atoms with E-state index in [1.165, 1.54) is 27.6 Å². The molecule has 0 amide bonds. The first-order chi connectivity index (χ1) is 12.0. The Hall–Kier alpha value is -2.04. The summed E-state index contributed by atoms with van der Waals surface area (Å²) in [4.78, 5) is 30.3. The van der Waals surface area contributed by atoms with Gasteiger partial charge in [0.15, 0.2) is 18.3 Å². The van der Waals surface area contributed by atoms with Gasteiger partial charge in [-0.25, -0.2) is 9.78 Å². The van der Waals surface area contributed by atoms with Gasteiger partial charge in [-0.1, -0.05) is 20.3 Å². The summed E-state index contributed by atoms with van der Waals surface area (Å²) in [5, 5.41) is 11.5. The van der Waals surface area contributed by atoms with E-state index in [0.717, 1.165) is 30.5 Å². The molecular weight excluding hydrogens is 356 g/mol. The van der Waals surface area contributed by atoms with Crippen molar-refractivity contribution in [3.8, 4) is 6.07 Å². The molecule has 0 aliphatic carbocycles. The number of esters is 1. The SMILES string of the molecule is CCCc1sc(C(=O)OCC(=O)[C@@H](C#N)c2nc(C)cs2)cc1CC. The van der Waals surface area contributed by atoms with E-state index in [2.05, 4.69) is 11.9 Å². The second kappa shape index (κ2) is 8.88. The number of aryl methyl sites for hydroxylation is 3. The number of carbonyl (C=O) groups is 2. The van der Waals surface area contributed by atoms with Crippen LogP contribution in [0.25, 0.3) is 0 Å². The molecule has 2 heterocycles. The number of aromatic nitrogens is 1. The summed E-state index contributed by atoms with van der Waals surface area (Å²) in [6, 6.07) is 3.79. The van der Waals surface area contributed by atoms with Crippen molar-refractivity contribution in [1.82, 2.24) is 4.98 Å². The molecule has 2 rings (SSSR count). The Labute approximate surface area is 155 Å². The average molecular weight is 377 g/mol. The zero-order valence-corrected chi connectivity index (χ0v) is 16.1. The highest BCUT2D eigenvalue weighted by molar-refractivity contribution is 7.14. The number of rotatable bonds is 8. The zero-order chi connectivity index (χ0) is 18.4. The molecule has 0 saturated heterocycles. The molecule has 5 nitrogen and oxygen atoms in total. The smallest absolute Gasteiger partial charge is 0.348 e. The second-order valence-corrected chi connectivity index (χ2v) is 7.62. The molecule has 0 aliphatic rings. The van der Waals surface area contributed by atoms with Gasteiger partial charge in [0.25, 0.3) is 0 Å². The third-order valence-corrected chi connectivity index (χ3v) is 5.88. The van der Waals surface area contributed by atoms with Gasteiger partial charge in [0, 0.05) is 16.0 Å². The fraction of sp³-hybridized carbons (Fsp3) is 0.444. The van der Waals surface area contributed by atoms with E-state index in [1.807, 2.05) is 19.1 Å². The highest BCUT2D eigenvalue weighted by Crippen LogP contribution is 2.26. The lowest BCUT2D eigenvalue weighted by molar-refractivity contribution is -0.122. The molecule has 2 aromatic heterocycles. The summed E-state index contributed by atoms with van der Waals surface area (Å²) in [7, 11) is 0. The third kappa shape index (κ3) is 4.74. The standard InChI is InChI=1S/C18H20N2O3S2/c1-4-6-15-12(5-2)7-16(25-15)18(22)23-9-14(21)13(8-19)17-20-11(3)10-24-17/h7,10,13H,4-6,9H2,1-3H3/t13-/m1/s1. The molecule has 132 valence electrons. The Morgan fingerprint density at radius 3 is 2.72 bits per heavy atom. The van der Waals surface area contributed by atoms with Gasteiger partial charge in [0.2, 0.25) is 0 Å². The van der Waals surface area contributed by atoms with E-state index in [-0.39, 0.29) is 0 Å². The van der Waals surface area contributed by atoms with Gasteiger partial charge in [0.1, 0.15) is 9.88 Å². The molecule has 0 bridgehead atoms. The predicted octanol–water partition coefficient (Wildman–Crippen LogP) is 4.06. The maximum atomic E-state index is 12.2. The Bertz CT molecular complexity index is 802. The Morgan fingerprint density at radius 1 is 1.40 bits per heavy atom. The molecule has 0 spiro atoms.